The zero-order valence-corrected chi connectivity index (χ0v) is 14.9. The lowest BCUT2D eigenvalue weighted by Gasteiger charge is -2.25. The monoisotopic (exact) mass is 369 g/mol. The van der Waals surface area contributed by atoms with Crippen molar-refractivity contribution in [1.29, 1.82) is 0 Å². The maximum Gasteiger partial charge on any atom is 0.281 e. The summed E-state index contributed by atoms with van der Waals surface area (Å²) in [6, 6.07) is 13.1. The molecule has 0 aliphatic heterocycles. The largest absolute Gasteiger partial charge is 0.332 e. The molecule has 4 rings (SSSR count). The van der Waals surface area contributed by atoms with Crippen LogP contribution in [0.15, 0.2) is 54.9 Å². The van der Waals surface area contributed by atoms with Crippen LogP contribution in [0.4, 0.5) is 0 Å². The van der Waals surface area contributed by atoms with Crippen molar-refractivity contribution in [3.8, 4) is 0 Å². The van der Waals surface area contributed by atoms with Crippen molar-refractivity contribution in [3.63, 3.8) is 0 Å². The second kappa shape index (κ2) is 6.57. The van der Waals surface area contributed by atoms with E-state index < -0.39 is 21.2 Å². The summed E-state index contributed by atoms with van der Waals surface area (Å²) in [4.78, 5) is 16.8. The fourth-order valence-electron chi connectivity index (χ4n) is 3.19. The molecule has 1 aliphatic rings. The van der Waals surface area contributed by atoms with Crippen LogP contribution < -0.4 is 4.72 Å². The van der Waals surface area contributed by atoms with E-state index in [1.54, 1.807) is 18.5 Å². The molecule has 7 heteroatoms. The van der Waals surface area contributed by atoms with Crippen molar-refractivity contribution in [2.45, 2.75) is 31.1 Å². The van der Waals surface area contributed by atoms with Crippen LogP contribution in [0, 0.1) is 0 Å². The summed E-state index contributed by atoms with van der Waals surface area (Å²) in [7, 11) is -3.62. The van der Waals surface area contributed by atoms with E-state index in [9.17, 15) is 13.2 Å². The van der Waals surface area contributed by atoms with Gasteiger partial charge in [-0.3, -0.25) is 9.78 Å². The summed E-state index contributed by atoms with van der Waals surface area (Å²) < 4.78 is 28.8. The van der Waals surface area contributed by atoms with Gasteiger partial charge in [0.05, 0.1) is 5.25 Å². The molecule has 0 bridgehead atoms. The first-order valence-corrected chi connectivity index (χ1v) is 10.1. The van der Waals surface area contributed by atoms with Gasteiger partial charge in [-0.15, -0.1) is 0 Å². The van der Waals surface area contributed by atoms with Crippen molar-refractivity contribution >= 4 is 26.8 Å². The quantitative estimate of drug-likeness (QED) is 0.750. The van der Waals surface area contributed by atoms with E-state index in [4.69, 9.17) is 0 Å². The summed E-state index contributed by atoms with van der Waals surface area (Å²) in [5.74, 6) is -0.581. The van der Waals surface area contributed by atoms with Crippen LogP contribution in [0.1, 0.15) is 35.3 Å². The summed E-state index contributed by atoms with van der Waals surface area (Å²) in [6.45, 7) is 0.461. The Balaban J connectivity index is 1.71. The van der Waals surface area contributed by atoms with E-state index in [1.165, 1.54) is 0 Å². The first-order chi connectivity index (χ1) is 12.5. The Hall–Kier alpha value is -2.67. The van der Waals surface area contributed by atoms with Crippen molar-refractivity contribution < 1.29 is 13.2 Å². The number of amides is 1. The third kappa shape index (κ3) is 3.10. The smallest absolute Gasteiger partial charge is 0.281 e. The molecule has 3 aromatic rings. The molecule has 1 amide bonds. The van der Waals surface area contributed by atoms with Crippen LogP contribution >= 0.6 is 0 Å². The number of nitrogens with one attached hydrogen (secondary N) is 1. The summed E-state index contributed by atoms with van der Waals surface area (Å²) in [6.07, 6.45) is 5.51. The molecule has 0 spiro atoms. The molecule has 2 heterocycles. The lowest BCUT2D eigenvalue weighted by molar-refractivity contribution is 0.0972. The van der Waals surface area contributed by atoms with Gasteiger partial charge in [-0.1, -0.05) is 24.6 Å². The zero-order chi connectivity index (χ0) is 18.1. The Bertz CT molecular complexity index is 1050. The average molecular weight is 369 g/mol. The topological polar surface area (TPSA) is 81.1 Å². The molecular formula is C19H19N3O3S. The van der Waals surface area contributed by atoms with Gasteiger partial charge in [-0.2, -0.15) is 0 Å². The second-order valence-corrected chi connectivity index (χ2v) is 8.52. The number of hydrogen-bond acceptors (Lipinski definition) is 4. The average Bonchev–Trinajstić information content (AvgIpc) is 2.92. The SMILES string of the molecule is O=C(NS(=O)(=O)C1CCC1)c1cc2ccccc2n1Cc1ccncc1. The number of rotatable bonds is 5. The van der Waals surface area contributed by atoms with Crippen LogP contribution in [0.3, 0.4) is 0 Å². The number of pyridine rings is 1. The van der Waals surface area contributed by atoms with Gasteiger partial charge in [0.25, 0.3) is 5.91 Å². The van der Waals surface area contributed by atoms with Gasteiger partial charge < -0.3 is 4.57 Å². The minimum absolute atomic E-state index is 0.339. The Kier molecular flexibility index (Phi) is 4.24. The van der Waals surface area contributed by atoms with Gasteiger partial charge >= 0.3 is 0 Å². The molecular weight excluding hydrogens is 350 g/mol. The summed E-state index contributed by atoms with van der Waals surface area (Å²) >= 11 is 0. The molecule has 0 unspecified atom stereocenters. The molecule has 1 N–H and O–H groups in total. The fraction of sp³-hybridized carbons (Fsp3) is 0.263. The van der Waals surface area contributed by atoms with E-state index in [1.807, 2.05) is 41.0 Å². The Morgan fingerprint density at radius 2 is 1.88 bits per heavy atom. The maximum absolute atomic E-state index is 12.8. The first-order valence-electron chi connectivity index (χ1n) is 8.58. The van der Waals surface area contributed by atoms with Crippen LogP contribution in [-0.2, 0) is 16.6 Å². The number of fused-ring (bicyclic) bond motifs is 1. The first kappa shape index (κ1) is 16.8. The lowest BCUT2D eigenvalue weighted by atomic mass is 10.0. The predicted octanol–water partition coefficient (Wildman–Crippen LogP) is 2.70. The predicted molar refractivity (Wildman–Crippen MR) is 99.3 cm³/mol. The Labute approximate surface area is 151 Å². The number of carbonyl (C=O) groups is 1. The zero-order valence-electron chi connectivity index (χ0n) is 14.1. The summed E-state index contributed by atoms with van der Waals surface area (Å²) in [5, 5.41) is 0.442. The van der Waals surface area contributed by atoms with E-state index in [-0.39, 0.29) is 0 Å². The molecule has 6 nitrogen and oxygen atoms in total. The normalized spacial score (nSPS) is 14.9. The summed E-state index contributed by atoms with van der Waals surface area (Å²) in [5.41, 5.74) is 2.21. The van der Waals surface area contributed by atoms with Gasteiger partial charge in [0.1, 0.15) is 5.69 Å². The van der Waals surface area contributed by atoms with Crippen molar-refractivity contribution in [2.75, 3.05) is 0 Å². The number of para-hydroxylation sites is 1. The lowest BCUT2D eigenvalue weighted by Crippen LogP contribution is -2.42. The molecule has 1 aliphatic carbocycles. The third-order valence-corrected chi connectivity index (χ3v) is 6.68. The number of hydrogen-bond donors (Lipinski definition) is 1. The highest BCUT2D eigenvalue weighted by Crippen LogP contribution is 2.26. The second-order valence-electron chi connectivity index (χ2n) is 6.56. The number of sulfonamides is 1. The maximum atomic E-state index is 12.8. The molecule has 2 aromatic heterocycles. The fourth-order valence-corrected chi connectivity index (χ4v) is 4.67. The molecule has 0 radical (unpaired) electrons. The number of aromatic nitrogens is 2. The Morgan fingerprint density at radius 3 is 2.58 bits per heavy atom. The van der Waals surface area contributed by atoms with Gasteiger partial charge in [-0.25, -0.2) is 13.1 Å². The molecule has 1 aromatic carbocycles. The highest BCUT2D eigenvalue weighted by Gasteiger charge is 2.33. The van der Waals surface area contributed by atoms with E-state index in [0.29, 0.717) is 25.1 Å². The van der Waals surface area contributed by atoms with Gasteiger partial charge in [-0.05, 0) is 42.7 Å². The molecule has 1 fully saturated rings. The number of nitrogens with zero attached hydrogens (tertiary/aromatic N) is 2. The molecule has 0 atom stereocenters. The van der Waals surface area contributed by atoms with Gasteiger partial charge in [0.2, 0.25) is 10.0 Å². The molecule has 0 saturated heterocycles. The van der Waals surface area contributed by atoms with E-state index in [0.717, 1.165) is 22.9 Å². The highest BCUT2D eigenvalue weighted by atomic mass is 32.2. The van der Waals surface area contributed by atoms with Crippen LogP contribution in [0.25, 0.3) is 10.9 Å². The van der Waals surface area contributed by atoms with Crippen molar-refractivity contribution in [2.24, 2.45) is 0 Å². The minimum atomic E-state index is -3.62. The van der Waals surface area contributed by atoms with Crippen molar-refractivity contribution in [1.82, 2.24) is 14.3 Å². The molecule has 1 saturated carbocycles. The van der Waals surface area contributed by atoms with E-state index in [2.05, 4.69) is 9.71 Å². The van der Waals surface area contributed by atoms with E-state index >= 15 is 0 Å². The number of benzene rings is 1. The standard InChI is InChI=1S/C19H19N3O3S/c23-19(21-26(24,25)16-5-3-6-16)18-12-15-4-1-2-7-17(15)22(18)13-14-8-10-20-11-9-14/h1-2,4,7-12,16H,3,5-6,13H2,(H,21,23). The minimum Gasteiger partial charge on any atom is -0.332 e. The van der Waals surface area contributed by atoms with Gasteiger partial charge in [0, 0.05) is 29.8 Å². The Morgan fingerprint density at radius 1 is 1.15 bits per heavy atom. The van der Waals surface area contributed by atoms with Crippen LogP contribution in [-0.4, -0.2) is 29.1 Å². The molecule has 134 valence electrons. The highest BCUT2D eigenvalue weighted by molar-refractivity contribution is 7.90. The number of carbonyl (C=O) groups excluding carboxylic acids is 1. The van der Waals surface area contributed by atoms with Crippen LogP contribution in [0.2, 0.25) is 0 Å². The van der Waals surface area contributed by atoms with Crippen molar-refractivity contribution in [3.05, 3.63) is 66.1 Å². The third-order valence-electron chi connectivity index (χ3n) is 4.86. The van der Waals surface area contributed by atoms with Gasteiger partial charge in [0.15, 0.2) is 0 Å². The molecule has 26 heavy (non-hydrogen) atoms. The van der Waals surface area contributed by atoms with Crippen LogP contribution in [0.5, 0.6) is 0 Å².